The van der Waals surface area contributed by atoms with E-state index in [1.807, 2.05) is 16.5 Å². The average Bonchev–Trinajstić information content (AvgIpc) is 2.68. The Morgan fingerprint density at radius 3 is 2.82 bits per heavy atom. The molecule has 0 atom stereocenters. The predicted molar refractivity (Wildman–Crippen MR) is 66.1 cm³/mol. The number of nitrogens with zero attached hydrogens (tertiary/aromatic N) is 3. The van der Waals surface area contributed by atoms with Crippen LogP contribution in [-0.2, 0) is 11.3 Å². The molecule has 6 heteroatoms. The first kappa shape index (κ1) is 12.5. The van der Waals surface area contributed by atoms with Gasteiger partial charge in [-0.2, -0.15) is 0 Å². The van der Waals surface area contributed by atoms with Gasteiger partial charge in [0.25, 0.3) is 0 Å². The molecule has 1 aliphatic rings. The lowest BCUT2D eigenvalue weighted by Crippen LogP contribution is -2.33. The van der Waals surface area contributed by atoms with E-state index in [9.17, 15) is 4.79 Å². The Balaban J connectivity index is 1.81. The van der Waals surface area contributed by atoms with Crippen molar-refractivity contribution in [1.29, 1.82) is 0 Å². The third-order valence-electron chi connectivity index (χ3n) is 2.88. The fourth-order valence-corrected chi connectivity index (χ4v) is 2.71. The van der Waals surface area contributed by atoms with Crippen molar-refractivity contribution in [2.24, 2.45) is 0 Å². The van der Waals surface area contributed by atoms with E-state index >= 15 is 0 Å². The highest BCUT2D eigenvalue weighted by molar-refractivity contribution is 7.09. The van der Waals surface area contributed by atoms with Gasteiger partial charge in [-0.1, -0.05) is 0 Å². The lowest BCUT2D eigenvalue weighted by molar-refractivity contribution is -0.138. The van der Waals surface area contributed by atoms with E-state index < -0.39 is 5.97 Å². The molecule has 1 aromatic heterocycles. The Labute approximate surface area is 105 Å². The molecule has 1 aromatic rings. The maximum absolute atomic E-state index is 10.7. The zero-order valence-electron chi connectivity index (χ0n) is 9.71. The summed E-state index contributed by atoms with van der Waals surface area (Å²) >= 11 is 1.67. The smallest absolute Gasteiger partial charge is 0.317 e. The van der Waals surface area contributed by atoms with Crippen LogP contribution in [0.4, 0.5) is 0 Å². The van der Waals surface area contributed by atoms with Gasteiger partial charge in [0.2, 0.25) is 0 Å². The van der Waals surface area contributed by atoms with Gasteiger partial charge >= 0.3 is 5.97 Å². The van der Waals surface area contributed by atoms with E-state index in [4.69, 9.17) is 5.11 Å². The van der Waals surface area contributed by atoms with Gasteiger partial charge in [-0.3, -0.25) is 14.6 Å². The highest BCUT2D eigenvalue weighted by Crippen LogP contribution is 2.10. The standard InChI is InChI=1S/C11H17N3O2S/c15-11(16)9-14-4-1-3-13(5-6-14)8-10-12-2-7-17-10/h2,7H,1,3-6,8-9H2,(H,15,16). The number of thiazole rings is 1. The van der Waals surface area contributed by atoms with Gasteiger partial charge in [0.05, 0.1) is 13.1 Å². The second-order valence-electron chi connectivity index (χ2n) is 4.23. The number of hydrogen-bond donors (Lipinski definition) is 1. The van der Waals surface area contributed by atoms with Crippen LogP contribution in [0, 0.1) is 0 Å². The summed E-state index contributed by atoms with van der Waals surface area (Å²) in [5.41, 5.74) is 0. The molecule has 0 bridgehead atoms. The van der Waals surface area contributed by atoms with Gasteiger partial charge in [0.15, 0.2) is 0 Å². The second kappa shape index (κ2) is 6.09. The molecule has 1 fully saturated rings. The molecule has 0 amide bonds. The monoisotopic (exact) mass is 255 g/mol. The fourth-order valence-electron chi connectivity index (χ4n) is 2.05. The van der Waals surface area contributed by atoms with Crippen LogP contribution >= 0.6 is 11.3 Å². The first-order chi connectivity index (χ1) is 8.24. The minimum atomic E-state index is -0.738. The molecule has 94 valence electrons. The minimum Gasteiger partial charge on any atom is -0.480 e. The Hall–Kier alpha value is -0.980. The Bertz CT molecular complexity index is 356. The highest BCUT2D eigenvalue weighted by Gasteiger charge is 2.17. The summed E-state index contributed by atoms with van der Waals surface area (Å²) in [5, 5.41) is 11.9. The number of carbonyl (C=O) groups is 1. The predicted octanol–water partition coefficient (Wildman–Crippen LogP) is 0.735. The largest absolute Gasteiger partial charge is 0.480 e. The fraction of sp³-hybridized carbons (Fsp3) is 0.636. The van der Waals surface area contributed by atoms with Crippen molar-refractivity contribution in [2.45, 2.75) is 13.0 Å². The van der Waals surface area contributed by atoms with Crippen LogP contribution in [0.3, 0.4) is 0 Å². The number of carboxylic acids is 1. The lowest BCUT2D eigenvalue weighted by atomic mass is 10.4. The molecule has 1 saturated heterocycles. The second-order valence-corrected chi connectivity index (χ2v) is 5.20. The Morgan fingerprint density at radius 2 is 2.12 bits per heavy atom. The molecule has 0 unspecified atom stereocenters. The molecule has 0 aliphatic carbocycles. The van der Waals surface area contributed by atoms with Gasteiger partial charge < -0.3 is 5.11 Å². The number of rotatable bonds is 4. The van der Waals surface area contributed by atoms with Gasteiger partial charge in [-0.05, 0) is 13.0 Å². The van der Waals surface area contributed by atoms with Crippen LogP contribution in [-0.4, -0.2) is 58.6 Å². The number of hydrogen-bond acceptors (Lipinski definition) is 5. The van der Waals surface area contributed by atoms with E-state index in [0.717, 1.165) is 44.2 Å². The summed E-state index contributed by atoms with van der Waals surface area (Å²) in [6.07, 6.45) is 2.85. The molecule has 0 spiro atoms. The summed E-state index contributed by atoms with van der Waals surface area (Å²) in [5.74, 6) is -0.738. The van der Waals surface area contributed by atoms with E-state index in [-0.39, 0.29) is 6.54 Å². The minimum absolute atomic E-state index is 0.158. The summed E-state index contributed by atoms with van der Waals surface area (Å²) in [6, 6.07) is 0. The topological polar surface area (TPSA) is 56.7 Å². The van der Waals surface area contributed by atoms with E-state index in [2.05, 4.69) is 9.88 Å². The molecule has 0 saturated carbocycles. The van der Waals surface area contributed by atoms with Crippen molar-refractivity contribution < 1.29 is 9.90 Å². The van der Waals surface area contributed by atoms with Crippen molar-refractivity contribution in [3.05, 3.63) is 16.6 Å². The molecule has 0 aromatic carbocycles. The van der Waals surface area contributed by atoms with Crippen molar-refractivity contribution in [1.82, 2.24) is 14.8 Å². The van der Waals surface area contributed by atoms with Gasteiger partial charge in [0, 0.05) is 31.2 Å². The molecule has 5 nitrogen and oxygen atoms in total. The SMILES string of the molecule is O=C(O)CN1CCCN(Cc2nccs2)CC1. The lowest BCUT2D eigenvalue weighted by Gasteiger charge is -2.19. The molecule has 2 heterocycles. The normalized spacial score (nSPS) is 19.1. The van der Waals surface area contributed by atoms with Crippen LogP contribution in [0.5, 0.6) is 0 Å². The summed E-state index contributed by atoms with van der Waals surface area (Å²) in [4.78, 5) is 19.3. The molecule has 17 heavy (non-hydrogen) atoms. The number of carboxylic acid groups (broad SMARTS) is 1. The van der Waals surface area contributed by atoms with Gasteiger partial charge in [-0.15, -0.1) is 11.3 Å². The number of aromatic nitrogens is 1. The third kappa shape index (κ3) is 4.07. The third-order valence-corrected chi connectivity index (χ3v) is 3.65. The van der Waals surface area contributed by atoms with E-state index in [1.165, 1.54) is 0 Å². The van der Waals surface area contributed by atoms with Gasteiger partial charge in [-0.25, -0.2) is 4.98 Å². The van der Waals surface area contributed by atoms with Crippen molar-refractivity contribution in [2.75, 3.05) is 32.7 Å². The van der Waals surface area contributed by atoms with Crippen LogP contribution in [0.15, 0.2) is 11.6 Å². The highest BCUT2D eigenvalue weighted by atomic mass is 32.1. The quantitative estimate of drug-likeness (QED) is 0.860. The van der Waals surface area contributed by atoms with Crippen LogP contribution in [0.1, 0.15) is 11.4 Å². The van der Waals surface area contributed by atoms with Gasteiger partial charge in [0.1, 0.15) is 5.01 Å². The van der Waals surface area contributed by atoms with Crippen LogP contribution < -0.4 is 0 Å². The number of aliphatic carboxylic acids is 1. The summed E-state index contributed by atoms with van der Waals surface area (Å²) in [7, 11) is 0. The Morgan fingerprint density at radius 1 is 1.35 bits per heavy atom. The average molecular weight is 255 g/mol. The maximum Gasteiger partial charge on any atom is 0.317 e. The van der Waals surface area contributed by atoms with E-state index in [0.29, 0.717) is 0 Å². The zero-order valence-corrected chi connectivity index (χ0v) is 10.5. The molecule has 0 radical (unpaired) electrons. The summed E-state index contributed by atoms with van der Waals surface area (Å²) < 4.78 is 0. The molecular formula is C11H17N3O2S. The molecule has 1 N–H and O–H groups in total. The maximum atomic E-state index is 10.7. The molecular weight excluding hydrogens is 238 g/mol. The van der Waals surface area contributed by atoms with Crippen molar-refractivity contribution >= 4 is 17.3 Å². The van der Waals surface area contributed by atoms with Crippen molar-refractivity contribution in [3.63, 3.8) is 0 Å². The first-order valence-electron chi connectivity index (χ1n) is 5.79. The Kier molecular flexibility index (Phi) is 4.47. The molecule has 2 rings (SSSR count). The van der Waals surface area contributed by atoms with Crippen LogP contribution in [0.25, 0.3) is 0 Å². The summed E-state index contributed by atoms with van der Waals surface area (Å²) in [6.45, 7) is 4.70. The van der Waals surface area contributed by atoms with Crippen LogP contribution in [0.2, 0.25) is 0 Å². The van der Waals surface area contributed by atoms with Crippen molar-refractivity contribution in [3.8, 4) is 0 Å². The molecule has 1 aliphatic heterocycles. The zero-order chi connectivity index (χ0) is 12.1. The first-order valence-corrected chi connectivity index (χ1v) is 6.67. The van der Waals surface area contributed by atoms with E-state index in [1.54, 1.807) is 11.3 Å².